The van der Waals surface area contributed by atoms with Crippen LogP contribution in [0.2, 0.25) is 0 Å². The Balaban J connectivity index is 1.44. The Bertz CT molecular complexity index is 1050. The summed E-state index contributed by atoms with van der Waals surface area (Å²) >= 11 is 0. The molecule has 0 aliphatic rings. The number of carbonyl (C=O) groups is 1. The van der Waals surface area contributed by atoms with Gasteiger partial charge in [-0.2, -0.15) is 5.10 Å². The van der Waals surface area contributed by atoms with Crippen LogP contribution in [0.5, 0.6) is 0 Å². The van der Waals surface area contributed by atoms with E-state index in [1.165, 1.54) is 6.33 Å². The summed E-state index contributed by atoms with van der Waals surface area (Å²) in [6.07, 6.45) is 5.20. The Hall–Kier alpha value is -3.54. The zero-order valence-electron chi connectivity index (χ0n) is 14.9. The van der Waals surface area contributed by atoms with Crippen LogP contribution in [0.1, 0.15) is 24.1 Å². The zero-order chi connectivity index (χ0) is 18.6. The monoisotopic (exact) mass is 357 g/mol. The minimum atomic E-state index is -0.0924. The van der Waals surface area contributed by atoms with Gasteiger partial charge in [0.2, 0.25) is 5.91 Å². The number of nitrogens with one attached hydrogen (secondary N) is 1. The fourth-order valence-electron chi connectivity index (χ4n) is 3.12. The Labute approximate surface area is 156 Å². The molecule has 0 fully saturated rings. The van der Waals surface area contributed by atoms with Gasteiger partial charge in [0.05, 0.1) is 23.7 Å². The van der Waals surface area contributed by atoms with Crippen LogP contribution in [-0.2, 0) is 11.2 Å². The van der Waals surface area contributed by atoms with Gasteiger partial charge in [-0.25, -0.2) is 9.67 Å². The lowest BCUT2D eigenvalue weighted by atomic mass is 10.1. The Morgan fingerprint density at radius 1 is 1.11 bits per heavy atom. The molecule has 4 rings (SSSR count). The maximum atomic E-state index is 12.5. The molecule has 2 aromatic carbocycles. The van der Waals surface area contributed by atoms with Crippen LogP contribution in [0.3, 0.4) is 0 Å². The van der Waals surface area contributed by atoms with Crippen molar-refractivity contribution in [3.05, 3.63) is 84.6 Å². The van der Waals surface area contributed by atoms with Gasteiger partial charge in [0, 0.05) is 11.6 Å². The molecule has 0 spiro atoms. The fraction of sp³-hybridized carbons (Fsp3) is 0.143. The number of para-hydroxylation sites is 1. The highest BCUT2D eigenvalue weighted by Crippen LogP contribution is 2.18. The summed E-state index contributed by atoms with van der Waals surface area (Å²) in [5, 5.41) is 8.21. The summed E-state index contributed by atoms with van der Waals surface area (Å²) in [4.78, 5) is 20.9. The maximum absolute atomic E-state index is 12.5. The zero-order valence-corrected chi connectivity index (χ0v) is 14.9. The Morgan fingerprint density at radius 2 is 1.93 bits per heavy atom. The molecule has 1 unspecified atom stereocenters. The molecule has 1 N–H and O–H groups in total. The van der Waals surface area contributed by atoms with Crippen LogP contribution in [0, 0.1) is 0 Å². The van der Waals surface area contributed by atoms with E-state index in [2.05, 4.69) is 20.4 Å². The van der Waals surface area contributed by atoms with E-state index in [0.29, 0.717) is 6.42 Å². The highest BCUT2D eigenvalue weighted by molar-refractivity contribution is 5.87. The van der Waals surface area contributed by atoms with Crippen molar-refractivity contribution in [3.63, 3.8) is 0 Å². The van der Waals surface area contributed by atoms with Gasteiger partial charge < -0.3 is 5.32 Å². The van der Waals surface area contributed by atoms with Gasteiger partial charge in [-0.1, -0.05) is 36.4 Å². The molecule has 0 aliphatic heterocycles. The summed E-state index contributed by atoms with van der Waals surface area (Å²) in [6.45, 7) is 1.98. The largest absolute Gasteiger partial charge is 0.349 e. The molecule has 0 aliphatic carbocycles. The molecule has 1 amide bonds. The number of aromatic nitrogens is 4. The van der Waals surface area contributed by atoms with Crippen molar-refractivity contribution >= 4 is 16.8 Å². The summed E-state index contributed by atoms with van der Waals surface area (Å²) in [6, 6.07) is 17.6. The second-order valence-corrected chi connectivity index (χ2v) is 6.39. The first-order chi connectivity index (χ1) is 13.2. The molecule has 2 aromatic heterocycles. The number of rotatable bonds is 5. The van der Waals surface area contributed by atoms with Gasteiger partial charge in [-0.15, -0.1) is 0 Å². The standard InChI is InChI=1S/C21H19N5O/c1-15(16-7-9-19(10-8-16)26-14-22-13-24-26)25-20(27)12-18-5-2-4-17-6-3-11-23-21(17)18/h2-11,13-15H,12H2,1H3,(H,25,27). The molecule has 4 aromatic rings. The fourth-order valence-corrected chi connectivity index (χ4v) is 3.12. The van der Waals surface area contributed by atoms with Gasteiger partial charge in [-0.3, -0.25) is 9.78 Å². The van der Waals surface area contributed by atoms with Crippen LogP contribution in [0.15, 0.2) is 73.4 Å². The van der Waals surface area contributed by atoms with Crippen LogP contribution in [0.25, 0.3) is 16.6 Å². The number of benzene rings is 2. The molecular formula is C21H19N5O. The quantitative estimate of drug-likeness (QED) is 0.595. The normalized spacial score (nSPS) is 12.0. The third kappa shape index (κ3) is 3.69. The van der Waals surface area contributed by atoms with Crippen molar-refractivity contribution in [1.82, 2.24) is 25.1 Å². The number of carbonyl (C=O) groups excluding carboxylic acids is 1. The minimum absolute atomic E-state index is 0.0268. The summed E-state index contributed by atoms with van der Waals surface area (Å²) in [5.74, 6) is -0.0268. The van der Waals surface area contributed by atoms with Gasteiger partial charge in [0.25, 0.3) is 0 Å². The van der Waals surface area contributed by atoms with Gasteiger partial charge in [0.1, 0.15) is 12.7 Å². The summed E-state index contributed by atoms with van der Waals surface area (Å²) in [7, 11) is 0. The summed E-state index contributed by atoms with van der Waals surface area (Å²) < 4.78 is 1.69. The number of fused-ring (bicyclic) bond motifs is 1. The molecule has 0 bridgehead atoms. The number of pyridine rings is 1. The highest BCUT2D eigenvalue weighted by atomic mass is 16.1. The first kappa shape index (κ1) is 16.9. The van der Waals surface area contributed by atoms with Crippen molar-refractivity contribution in [2.24, 2.45) is 0 Å². The van der Waals surface area contributed by atoms with E-state index in [4.69, 9.17) is 0 Å². The third-order valence-corrected chi connectivity index (χ3v) is 4.52. The smallest absolute Gasteiger partial charge is 0.224 e. The lowest BCUT2D eigenvalue weighted by Crippen LogP contribution is -2.28. The molecular weight excluding hydrogens is 338 g/mol. The molecule has 27 heavy (non-hydrogen) atoms. The predicted octanol–water partition coefficient (Wildman–Crippen LogP) is 3.24. The van der Waals surface area contributed by atoms with Gasteiger partial charge >= 0.3 is 0 Å². The van der Waals surface area contributed by atoms with Crippen molar-refractivity contribution in [2.45, 2.75) is 19.4 Å². The SMILES string of the molecule is CC(NC(=O)Cc1cccc2cccnc12)c1ccc(-n2cncn2)cc1. The molecule has 6 heteroatoms. The van der Waals surface area contributed by atoms with Crippen molar-refractivity contribution in [2.75, 3.05) is 0 Å². The molecule has 2 heterocycles. The second kappa shape index (κ2) is 7.37. The van der Waals surface area contributed by atoms with Crippen LogP contribution < -0.4 is 5.32 Å². The molecule has 0 saturated heterocycles. The number of amides is 1. The van der Waals surface area contributed by atoms with Gasteiger partial charge in [0.15, 0.2) is 0 Å². The Morgan fingerprint density at radius 3 is 2.70 bits per heavy atom. The van der Waals surface area contributed by atoms with Gasteiger partial charge in [-0.05, 0) is 36.2 Å². The minimum Gasteiger partial charge on any atom is -0.349 e. The van der Waals surface area contributed by atoms with E-state index in [-0.39, 0.29) is 11.9 Å². The highest BCUT2D eigenvalue weighted by Gasteiger charge is 2.12. The van der Waals surface area contributed by atoms with E-state index in [1.807, 2.05) is 61.5 Å². The number of hydrogen-bond donors (Lipinski definition) is 1. The van der Waals surface area contributed by atoms with Crippen molar-refractivity contribution in [3.8, 4) is 5.69 Å². The molecule has 134 valence electrons. The average molecular weight is 357 g/mol. The summed E-state index contributed by atoms with van der Waals surface area (Å²) in [5.41, 5.74) is 3.76. The molecule has 0 saturated carbocycles. The van der Waals surface area contributed by atoms with E-state index in [0.717, 1.165) is 27.7 Å². The topological polar surface area (TPSA) is 72.7 Å². The predicted molar refractivity (Wildman–Crippen MR) is 103 cm³/mol. The van der Waals surface area contributed by atoms with E-state index in [9.17, 15) is 4.79 Å². The van der Waals surface area contributed by atoms with Crippen molar-refractivity contribution in [1.29, 1.82) is 0 Å². The Kier molecular flexibility index (Phi) is 4.61. The molecule has 6 nitrogen and oxygen atoms in total. The molecule has 0 radical (unpaired) electrons. The van der Waals surface area contributed by atoms with E-state index < -0.39 is 0 Å². The van der Waals surface area contributed by atoms with Crippen molar-refractivity contribution < 1.29 is 4.79 Å². The number of hydrogen-bond acceptors (Lipinski definition) is 4. The lowest BCUT2D eigenvalue weighted by Gasteiger charge is -2.15. The van der Waals surface area contributed by atoms with E-state index >= 15 is 0 Å². The van der Waals surface area contributed by atoms with Crippen LogP contribution in [0.4, 0.5) is 0 Å². The first-order valence-electron chi connectivity index (χ1n) is 8.77. The second-order valence-electron chi connectivity index (χ2n) is 6.39. The molecule has 1 atom stereocenters. The first-order valence-corrected chi connectivity index (χ1v) is 8.77. The number of nitrogens with zero attached hydrogens (tertiary/aromatic N) is 4. The third-order valence-electron chi connectivity index (χ3n) is 4.52. The lowest BCUT2D eigenvalue weighted by molar-refractivity contribution is -0.121. The van der Waals surface area contributed by atoms with Crippen LogP contribution in [-0.4, -0.2) is 25.7 Å². The average Bonchev–Trinajstić information content (AvgIpc) is 3.23. The van der Waals surface area contributed by atoms with E-state index in [1.54, 1.807) is 17.2 Å². The maximum Gasteiger partial charge on any atom is 0.224 e. The van der Waals surface area contributed by atoms with Crippen LogP contribution >= 0.6 is 0 Å².